The van der Waals surface area contributed by atoms with Crippen LogP contribution < -0.4 is 11.1 Å². The fraction of sp³-hybridized carbons (Fsp3) is 0.214. The first-order chi connectivity index (χ1) is 9.81. The second kappa shape index (κ2) is 7.20. The summed E-state index contributed by atoms with van der Waals surface area (Å²) in [5.74, 6) is 0.0228. The summed E-state index contributed by atoms with van der Waals surface area (Å²) < 4.78 is 0. The number of nitrogens with zero attached hydrogens (tertiary/aromatic N) is 3. The smallest absolute Gasteiger partial charge is 0.189 e. The van der Waals surface area contributed by atoms with E-state index in [0.29, 0.717) is 12.2 Å². The highest BCUT2D eigenvalue weighted by molar-refractivity contribution is 5.96. The minimum Gasteiger partial charge on any atom is -0.409 e. The first-order valence-corrected chi connectivity index (χ1v) is 6.32. The number of pyridine rings is 2. The molecule has 2 aromatic rings. The Labute approximate surface area is 117 Å². The van der Waals surface area contributed by atoms with Gasteiger partial charge in [-0.2, -0.15) is 0 Å². The third-order valence-electron chi connectivity index (χ3n) is 2.87. The van der Waals surface area contributed by atoms with Crippen molar-refractivity contribution in [2.24, 2.45) is 10.9 Å². The molecule has 0 aliphatic carbocycles. The molecule has 6 heteroatoms. The van der Waals surface area contributed by atoms with Crippen molar-refractivity contribution >= 4 is 5.84 Å². The molecule has 4 N–H and O–H groups in total. The van der Waals surface area contributed by atoms with E-state index < -0.39 is 0 Å². The normalized spacial score (nSPS) is 11.5. The van der Waals surface area contributed by atoms with Crippen LogP contribution in [0.25, 0.3) is 0 Å². The van der Waals surface area contributed by atoms with E-state index in [-0.39, 0.29) is 5.84 Å². The van der Waals surface area contributed by atoms with E-state index in [1.807, 2.05) is 30.5 Å². The van der Waals surface area contributed by atoms with E-state index in [9.17, 15) is 0 Å². The van der Waals surface area contributed by atoms with Crippen molar-refractivity contribution in [1.82, 2.24) is 15.3 Å². The largest absolute Gasteiger partial charge is 0.409 e. The fourth-order valence-electron chi connectivity index (χ4n) is 1.86. The van der Waals surface area contributed by atoms with Crippen LogP contribution in [0.1, 0.15) is 16.8 Å². The number of rotatable bonds is 6. The van der Waals surface area contributed by atoms with Gasteiger partial charge in [-0.3, -0.25) is 9.97 Å². The van der Waals surface area contributed by atoms with Gasteiger partial charge < -0.3 is 16.3 Å². The van der Waals surface area contributed by atoms with Crippen LogP contribution in [-0.2, 0) is 13.0 Å². The highest BCUT2D eigenvalue weighted by Gasteiger charge is 2.07. The van der Waals surface area contributed by atoms with Gasteiger partial charge in [0, 0.05) is 25.1 Å². The Balaban J connectivity index is 1.88. The average molecular weight is 271 g/mol. The number of hydrogen-bond donors (Lipinski definition) is 3. The van der Waals surface area contributed by atoms with Crippen LogP contribution >= 0.6 is 0 Å². The molecule has 104 valence electrons. The lowest BCUT2D eigenvalue weighted by Gasteiger charge is -2.08. The van der Waals surface area contributed by atoms with Gasteiger partial charge in [0.05, 0.1) is 0 Å². The van der Waals surface area contributed by atoms with Gasteiger partial charge in [-0.05, 0) is 36.2 Å². The number of aromatic nitrogens is 2. The monoisotopic (exact) mass is 271 g/mol. The van der Waals surface area contributed by atoms with E-state index in [1.54, 1.807) is 12.4 Å². The van der Waals surface area contributed by atoms with Gasteiger partial charge in [-0.15, -0.1) is 0 Å². The van der Waals surface area contributed by atoms with Crippen molar-refractivity contribution in [1.29, 1.82) is 0 Å². The SMILES string of the molecule is NC(=NO)c1ncccc1CNCCc1cccnc1. The summed E-state index contributed by atoms with van der Waals surface area (Å²) in [6.45, 7) is 1.43. The molecule has 6 nitrogen and oxygen atoms in total. The predicted molar refractivity (Wildman–Crippen MR) is 76.4 cm³/mol. The quantitative estimate of drug-likeness (QED) is 0.238. The molecule has 20 heavy (non-hydrogen) atoms. The van der Waals surface area contributed by atoms with Crippen LogP contribution in [-0.4, -0.2) is 27.6 Å². The molecule has 0 bridgehead atoms. The Bertz CT molecular complexity index is 571. The molecule has 0 spiro atoms. The maximum atomic E-state index is 8.73. The summed E-state index contributed by atoms with van der Waals surface area (Å²) in [5, 5.41) is 15.0. The molecule has 0 saturated carbocycles. The Kier molecular flexibility index (Phi) is 5.02. The van der Waals surface area contributed by atoms with E-state index >= 15 is 0 Å². The average Bonchev–Trinajstić information content (AvgIpc) is 2.52. The molecule has 0 fully saturated rings. The summed E-state index contributed by atoms with van der Waals surface area (Å²) in [6, 6.07) is 7.69. The van der Waals surface area contributed by atoms with Gasteiger partial charge in [0.25, 0.3) is 0 Å². The molecule has 0 unspecified atom stereocenters. The molecule has 2 aromatic heterocycles. The summed E-state index contributed by atoms with van der Waals surface area (Å²) >= 11 is 0. The summed E-state index contributed by atoms with van der Waals surface area (Å²) in [7, 11) is 0. The van der Waals surface area contributed by atoms with Crippen LogP contribution in [0.2, 0.25) is 0 Å². The van der Waals surface area contributed by atoms with Crippen molar-refractivity contribution in [2.45, 2.75) is 13.0 Å². The maximum absolute atomic E-state index is 8.73. The molecule has 0 aliphatic heterocycles. The highest BCUT2D eigenvalue weighted by atomic mass is 16.4. The third kappa shape index (κ3) is 3.76. The maximum Gasteiger partial charge on any atom is 0.189 e. The molecule has 2 heterocycles. The van der Waals surface area contributed by atoms with E-state index in [2.05, 4.69) is 20.4 Å². The number of hydrogen-bond acceptors (Lipinski definition) is 5. The highest BCUT2D eigenvalue weighted by Crippen LogP contribution is 2.05. The Morgan fingerprint density at radius 3 is 2.90 bits per heavy atom. The lowest BCUT2D eigenvalue weighted by molar-refractivity contribution is 0.318. The fourth-order valence-corrected chi connectivity index (χ4v) is 1.86. The Morgan fingerprint density at radius 2 is 2.15 bits per heavy atom. The second-order valence-corrected chi connectivity index (χ2v) is 4.28. The Morgan fingerprint density at radius 1 is 1.30 bits per heavy atom. The molecular formula is C14H17N5O. The zero-order chi connectivity index (χ0) is 14.2. The minimum atomic E-state index is 0.0228. The van der Waals surface area contributed by atoms with Crippen molar-refractivity contribution in [3.8, 4) is 0 Å². The summed E-state index contributed by atoms with van der Waals surface area (Å²) in [5.41, 5.74) is 8.18. The molecular weight excluding hydrogens is 254 g/mol. The van der Waals surface area contributed by atoms with Crippen molar-refractivity contribution in [3.05, 3.63) is 59.7 Å². The zero-order valence-electron chi connectivity index (χ0n) is 11.0. The van der Waals surface area contributed by atoms with E-state index in [4.69, 9.17) is 10.9 Å². The molecule has 0 atom stereocenters. The van der Waals surface area contributed by atoms with Crippen molar-refractivity contribution in [3.63, 3.8) is 0 Å². The van der Waals surface area contributed by atoms with Crippen LogP contribution in [0, 0.1) is 0 Å². The number of oxime groups is 1. The number of amidine groups is 1. The second-order valence-electron chi connectivity index (χ2n) is 4.28. The van der Waals surface area contributed by atoms with Gasteiger partial charge >= 0.3 is 0 Å². The van der Waals surface area contributed by atoms with Crippen molar-refractivity contribution in [2.75, 3.05) is 6.54 Å². The van der Waals surface area contributed by atoms with Crippen molar-refractivity contribution < 1.29 is 5.21 Å². The van der Waals surface area contributed by atoms with Crippen LogP contribution in [0.3, 0.4) is 0 Å². The molecule has 0 amide bonds. The van der Waals surface area contributed by atoms with Crippen LogP contribution in [0.15, 0.2) is 48.0 Å². The van der Waals surface area contributed by atoms with Crippen LogP contribution in [0.4, 0.5) is 0 Å². The van der Waals surface area contributed by atoms with E-state index in [0.717, 1.165) is 18.5 Å². The molecule has 0 radical (unpaired) electrons. The lowest BCUT2D eigenvalue weighted by atomic mass is 10.1. The van der Waals surface area contributed by atoms with E-state index in [1.165, 1.54) is 5.56 Å². The van der Waals surface area contributed by atoms with Gasteiger partial charge in [0.1, 0.15) is 5.69 Å². The molecule has 2 rings (SSSR count). The topological polar surface area (TPSA) is 96.4 Å². The van der Waals surface area contributed by atoms with Gasteiger partial charge in [-0.1, -0.05) is 17.3 Å². The first-order valence-electron chi connectivity index (χ1n) is 6.32. The Hall–Kier alpha value is -2.47. The first kappa shape index (κ1) is 14.0. The van der Waals surface area contributed by atoms with Gasteiger partial charge in [0.15, 0.2) is 5.84 Å². The molecule has 0 aliphatic rings. The summed E-state index contributed by atoms with van der Waals surface area (Å²) in [6.07, 6.45) is 6.13. The number of nitrogens with one attached hydrogen (secondary N) is 1. The predicted octanol–water partition coefficient (Wildman–Crippen LogP) is 0.903. The molecule has 0 saturated heterocycles. The zero-order valence-corrected chi connectivity index (χ0v) is 11.0. The van der Waals surface area contributed by atoms with Gasteiger partial charge in [-0.25, -0.2) is 0 Å². The third-order valence-corrected chi connectivity index (χ3v) is 2.87. The standard InChI is InChI=1S/C14H17N5O/c15-14(19-20)13-12(4-2-7-18-13)10-17-8-5-11-3-1-6-16-9-11/h1-4,6-7,9,17,20H,5,8,10H2,(H2,15,19). The minimum absolute atomic E-state index is 0.0228. The van der Waals surface area contributed by atoms with Gasteiger partial charge in [0.2, 0.25) is 0 Å². The summed E-state index contributed by atoms with van der Waals surface area (Å²) in [4.78, 5) is 8.19. The number of nitrogens with two attached hydrogens (primary N) is 1. The van der Waals surface area contributed by atoms with Crippen LogP contribution in [0.5, 0.6) is 0 Å². The lowest BCUT2D eigenvalue weighted by Crippen LogP contribution is -2.22. The molecule has 0 aromatic carbocycles.